The molecule has 0 aromatic carbocycles. The van der Waals surface area contributed by atoms with Gasteiger partial charge in [0.1, 0.15) is 5.82 Å². The molecule has 4 nitrogen and oxygen atoms in total. The lowest BCUT2D eigenvalue weighted by Crippen LogP contribution is -2.25. The molecule has 0 radical (unpaired) electrons. The zero-order valence-corrected chi connectivity index (χ0v) is 10.0. The second-order valence-electron chi connectivity index (χ2n) is 4.57. The minimum absolute atomic E-state index is 0.0226. The normalized spacial score (nSPS) is 17.9. The van der Waals surface area contributed by atoms with Crippen molar-refractivity contribution in [3.8, 4) is 0 Å². The van der Waals surface area contributed by atoms with Crippen molar-refractivity contribution < 1.29 is 4.79 Å². The average molecular weight is 241 g/mol. The van der Waals surface area contributed by atoms with Crippen LogP contribution in [0.3, 0.4) is 0 Å². The lowest BCUT2D eigenvalue weighted by atomic mass is 10.2. The fraction of sp³-hybridized carbons (Fsp3) is 0.286. The van der Waals surface area contributed by atoms with Crippen LogP contribution in [-0.2, 0) is 0 Å². The van der Waals surface area contributed by atoms with Gasteiger partial charge in [-0.15, -0.1) is 0 Å². The lowest BCUT2D eigenvalue weighted by Gasteiger charge is -2.19. The number of rotatable bonds is 3. The van der Waals surface area contributed by atoms with Crippen molar-refractivity contribution >= 4 is 11.7 Å². The first-order valence-electron chi connectivity index (χ1n) is 6.20. The number of amides is 1. The van der Waals surface area contributed by atoms with Crippen molar-refractivity contribution in [2.24, 2.45) is 0 Å². The molecule has 92 valence electrons. The number of anilines is 1. The number of aromatic nitrogens is 1. The average Bonchev–Trinajstić information content (AvgIpc) is 3.24. The van der Waals surface area contributed by atoms with Crippen LogP contribution in [-0.4, -0.2) is 23.5 Å². The van der Waals surface area contributed by atoms with Crippen molar-refractivity contribution in [1.82, 2.24) is 10.3 Å². The molecule has 1 aliphatic heterocycles. The van der Waals surface area contributed by atoms with E-state index in [4.69, 9.17) is 0 Å². The molecular weight excluding hydrogens is 226 g/mol. The predicted molar refractivity (Wildman–Crippen MR) is 70.4 cm³/mol. The summed E-state index contributed by atoms with van der Waals surface area (Å²) in [4.78, 5) is 18.2. The van der Waals surface area contributed by atoms with E-state index in [1.165, 1.54) is 0 Å². The van der Waals surface area contributed by atoms with Gasteiger partial charge in [-0.1, -0.05) is 12.2 Å². The molecule has 1 aromatic rings. The Morgan fingerprint density at radius 3 is 2.83 bits per heavy atom. The molecule has 1 N–H and O–H groups in total. The van der Waals surface area contributed by atoms with Crippen molar-refractivity contribution in [2.45, 2.75) is 18.9 Å². The molecule has 0 bridgehead atoms. The van der Waals surface area contributed by atoms with Gasteiger partial charge >= 0.3 is 0 Å². The third kappa shape index (κ3) is 2.42. The van der Waals surface area contributed by atoms with Gasteiger partial charge in [-0.2, -0.15) is 0 Å². The molecule has 1 aliphatic carbocycles. The van der Waals surface area contributed by atoms with Crippen LogP contribution in [0.25, 0.3) is 0 Å². The molecule has 0 spiro atoms. The zero-order chi connectivity index (χ0) is 12.4. The highest BCUT2D eigenvalue weighted by Gasteiger charge is 2.23. The van der Waals surface area contributed by atoms with Crippen LogP contribution in [0.1, 0.15) is 23.2 Å². The third-order valence-corrected chi connectivity index (χ3v) is 3.03. The lowest BCUT2D eigenvalue weighted by molar-refractivity contribution is 0.0951. The number of carbonyl (C=O) groups is 1. The van der Waals surface area contributed by atoms with Crippen LogP contribution in [0, 0.1) is 0 Å². The maximum absolute atomic E-state index is 11.8. The second-order valence-corrected chi connectivity index (χ2v) is 4.57. The van der Waals surface area contributed by atoms with Crippen LogP contribution < -0.4 is 10.2 Å². The number of pyridine rings is 1. The molecule has 18 heavy (non-hydrogen) atoms. The Kier molecular flexibility index (Phi) is 2.84. The van der Waals surface area contributed by atoms with E-state index in [1.807, 2.05) is 35.4 Å². The van der Waals surface area contributed by atoms with Gasteiger partial charge in [-0.3, -0.25) is 4.79 Å². The summed E-state index contributed by atoms with van der Waals surface area (Å²) in [7, 11) is 0. The molecule has 1 saturated carbocycles. The maximum atomic E-state index is 11.8. The highest BCUT2D eigenvalue weighted by Crippen LogP contribution is 2.19. The van der Waals surface area contributed by atoms with E-state index in [-0.39, 0.29) is 5.91 Å². The largest absolute Gasteiger partial charge is 0.349 e. The number of hydrogen-bond donors (Lipinski definition) is 1. The van der Waals surface area contributed by atoms with E-state index in [0.717, 1.165) is 25.2 Å². The first-order chi connectivity index (χ1) is 8.83. The second kappa shape index (κ2) is 4.64. The maximum Gasteiger partial charge on any atom is 0.253 e. The molecule has 2 heterocycles. The summed E-state index contributed by atoms with van der Waals surface area (Å²) in [6.45, 7) is 0.817. The quantitative estimate of drug-likeness (QED) is 0.878. The topological polar surface area (TPSA) is 45.2 Å². The first-order valence-corrected chi connectivity index (χ1v) is 6.20. The molecule has 3 rings (SSSR count). The van der Waals surface area contributed by atoms with Crippen molar-refractivity contribution in [3.05, 3.63) is 48.3 Å². The van der Waals surface area contributed by atoms with Gasteiger partial charge in [0.2, 0.25) is 0 Å². The number of hydrogen-bond acceptors (Lipinski definition) is 3. The van der Waals surface area contributed by atoms with E-state index in [1.54, 1.807) is 6.20 Å². The van der Waals surface area contributed by atoms with Gasteiger partial charge < -0.3 is 10.2 Å². The van der Waals surface area contributed by atoms with E-state index < -0.39 is 0 Å². The summed E-state index contributed by atoms with van der Waals surface area (Å²) in [5.74, 6) is 0.837. The van der Waals surface area contributed by atoms with Gasteiger partial charge in [0.25, 0.3) is 5.91 Å². The van der Waals surface area contributed by atoms with Crippen LogP contribution in [0.15, 0.2) is 42.8 Å². The minimum Gasteiger partial charge on any atom is -0.349 e. The standard InChI is InChI=1S/C14H15N3O/c18-14(16-12-5-6-12)11-4-7-13(15-10-11)17-8-2-1-3-9-17/h1-4,7-8,10,12H,5-6,9H2,(H,16,18). The Morgan fingerprint density at radius 2 is 2.22 bits per heavy atom. The van der Waals surface area contributed by atoms with Crippen molar-refractivity contribution in [2.75, 3.05) is 11.4 Å². The van der Waals surface area contributed by atoms with E-state index >= 15 is 0 Å². The van der Waals surface area contributed by atoms with Gasteiger partial charge in [0.15, 0.2) is 0 Å². The molecule has 0 saturated heterocycles. The molecule has 2 aliphatic rings. The number of nitrogens with one attached hydrogen (secondary N) is 1. The summed E-state index contributed by atoms with van der Waals surface area (Å²) in [6, 6.07) is 4.09. The Balaban J connectivity index is 1.69. The van der Waals surface area contributed by atoms with Crippen LogP contribution in [0.4, 0.5) is 5.82 Å². The Hall–Kier alpha value is -2.10. The van der Waals surface area contributed by atoms with Crippen molar-refractivity contribution in [1.29, 1.82) is 0 Å². The van der Waals surface area contributed by atoms with Gasteiger partial charge in [-0.05, 0) is 31.1 Å². The predicted octanol–water partition coefficient (Wildman–Crippen LogP) is 1.86. The third-order valence-electron chi connectivity index (χ3n) is 3.03. The van der Waals surface area contributed by atoms with E-state index in [9.17, 15) is 4.79 Å². The highest BCUT2D eigenvalue weighted by molar-refractivity contribution is 5.94. The molecular formula is C14H15N3O. The molecule has 1 aromatic heterocycles. The fourth-order valence-corrected chi connectivity index (χ4v) is 1.82. The Labute approximate surface area is 106 Å². The fourth-order valence-electron chi connectivity index (χ4n) is 1.82. The first kappa shape index (κ1) is 11.0. The van der Waals surface area contributed by atoms with Gasteiger partial charge in [0, 0.05) is 25.0 Å². The van der Waals surface area contributed by atoms with Crippen LogP contribution in [0.2, 0.25) is 0 Å². The molecule has 1 amide bonds. The SMILES string of the molecule is O=C(NC1CC1)c1ccc(N2C=CC=CC2)nc1. The molecule has 0 atom stereocenters. The number of carbonyl (C=O) groups excluding carboxylic acids is 1. The number of allylic oxidation sites excluding steroid dienone is 2. The summed E-state index contributed by atoms with van der Waals surface area (Å²) >= 11 is 0. The summed E-state index contributed by atoms with van der Waals surface area (Å²) in [5.41, 5.74) is 0.627. The van der Waals surface area contributed by atoms with Crippen LogP contribution >= 0.6 is 0 Å². The summed E-state index contributed by atoms with van der Waals surface area (Å²) in [6.07, 6.45) is 11.9. The molecule has 1 fully saturated rings. The highest BCUT2D eigenvalue weighted by atomic mass is 16.1. The monoisotopic (exact) mass is 241 g/mol. The van der Waals surface area contributed by atoms with Crippen LogP contribution in [0.5, 0.6) is 0 Å². The summed E-state index contributed by atoms with van der Waals surface area (Å²) in [5, 5.41) is 2.95. The summed E-state index contributed by atoms with van der Waals surface area (Å²) < 4.78 is 0. The molecule has 4 heteroatoms. The molecule has 0 unspecified atom stereocenters. The Bertz CT molecular complexity index is 500. The smallest absolute Gasteiger partial charge is 0.253 e. The Morgan fingerprint density at radius 1 is 1.33 bits per heavy atom. The van der Waals surface area contributed by atoms with E-state index in [0.29, 0.717) is 11.6 Å². The number of nitrogens with zero attached hydrogens (tertiary/aromatic N) is 2. The van der Waals surface area contributed by atoms with Gasteiger partial charge in [-0.25, -0.2) is 4.98 Å². The van der Waals surface area contributed by atoms with Crippen molar-refractivity contribution in [3.63, 3.8) is 0 Å². The van der Waals surface area contributed by atoms with E-state index in [2.05, 4.69) is 16.4 Å². The zero-order valence-electron chi connectivity index (χ0n) is 10.0. The van der Waals surface area contributed by atoms with Gasteiger partial charge in [0.05, 0.1) is 5.56 Å². The minimum atomic E-state index is -0.0226.